The number of hydrogen-bond acceptors (Lipinski definition) is 4. The van der Waals surface area contributed by atoms with E-state index in [1.807, 2.05) is 48.5 Å². The normalized spacial score (nSPS) is 11.2. The molecule has 2 aromatic rings. The van der Waals surface area contributed by atoms with Gasteiger partial charge in [-0.25, -0.2) is 4.79 Å². The van der Waals surface area contributed by atoms with Gasteiger partial charge in [-0.15, -0.1) is 11.3 Å². The lowest BCUT2D eigenvalue weighted by Gasteiger charge is -2.05. The van der Waals surface area contributed by atoms with Gasteiger partial charge in [-0.3, -0.25) is 0 Å². The molecule has 3 nitrogen and oxygen atoms in total. The molecule has 1 aromatic carbocycles. The summed E-state index contributed by atoms with van der Waals surface area (Å²) in [7, 11) is 0. The summed E-state index contributed by atoms with van der Waals surface area (Å²) in [6.45, 7) is 3.51. The summed E-state index contributed by atoms with van der Waals surface area (Å²) in [5.74, 6) is -0.581. The van der Waals surface area contributed by atoms with Crippen LogP contribution >= 0.6 is 11.3 Å². The van der Waals surface area contributed by atoms with Crippen LogP contribution in [0.3, 0.4) is 0 Å². The van der Waals surface area contributed by atoms with Crippen molar-refractivity contribution in [2.75, 3.05) is 0 Å². The molecule has 0 saturated carbocycles. The summed E-state index contributed by atoms with van der Waals surface area (Å²) in [6, 6.07) is 15.7. The van der Waals surface area contributed by atoms with Crippen molar-refractivity contribution >= 4 is 23.4 Å². The van der Waals surface area contributed by atoms with Crippen molar-refractivity contribution < 1.29 is 9.53 Å². The van der Waals surface area contributed by atoms with Crippen LogP contribution in [0.15, 0.2) is 48.0 Å². The second-order valence-corrected chi connectivity index (χ2v) is 5.81. The molecule has 1 heterocycles. The van der Waals surface area contributed by atoms with Gasteiger partial charge in [0, 0.05) is 9.75 Å². The molecule has 2 rings (SSSR count). The zero-order valence-corrected chi connectivity index (χ0v) is 12.7. The monoisotopic (exact) mass is 297 g/mol. The Morgan fingerprint density at radius 1 is 1.24 bits per heavy atom. The zero-order chi connectivity index (χ0) is 15.2. The molecule has 0 amide bonds. The average molecular weight is 297 g/mol. The Morgan fingerprint density at radius 2 is 1.95 bits per heavy atom. The minimum absolute atomic E-state index is 0.0187. The molecule has 106 valence electrons. The first kappa shape index (κ1) is 15.0. The fraction of sp³-hybridized carbons (Fsp3) is 0.176. The molecule has 0 radical (unpaired) electrons. The van der Waals surface area contributed by atoms with Crippen molar-refractivity contribution in [1.29, 1.82) is 5.26 Å². The third kappa shape index (κ3) is 4.04. The molecule has 0 unspecified atom stereocenters. The zero-order valence-electron chi connectivity index (χ0n) is 11.9. The molecule has 0 fully saturated rings. The van der Waals surface area contributed by atoms with Gasteiger partial charge in [0.1, 0.15) is 11.6 Å². The summed E-state index contributed by atoms with van der Waals surface area (Å²) >= 11 is 1.53. The third-order valence-corrected chi connectivity index (χ3v) is 3.74. The van der Waals surface area contributed by atoms with Crippen molar-refractivity contribution in [3.8, 4) is 16.5 Å². The molecule has 0 spiro atoms. The minimum atomic E-state index is -0.581. The number of benzene rings is 1. The summed E-state index contributed by atoms with van der Waals surface area (Å²) in [6.07, 6.45) is 1.33. The minimum Gasteiger partial charge on any atom is -0.459 e. The maximum atomic E-state index is 11.8. The second kappa shape index (κ2) is 6.87. The molecule has 0 aliphatic carbocycles. The SMILES string of the molecule is CC(C)OC(=O)/C(C#N)=C/c1ccc(-c2ccccc2)s1. The van der Waals surface area contributed by atoms with Gasteiger partial charge in [0.15, 0.2) is 0 Å². The van der Waals surface area contributed by atoms with Crippen molar-refractivity contribution in [2.24, 2.45) is 0 Å². The summed E-state index contributed by atoms with van der Waals surface area (Å²) in [5, 5.41) is 9.08. The highest BCUT2D eigenvalue weighted by molar-refractivity contribution is 7.16. The van der Waals surface area contributed by atoms with Gasteiger partial charge in [-0.05, 0) is 37.6 Å². The summed E-state index contributed by atoms with van der Waals surface area (Å²) in [5.41, 5.74) is 1.13. The van der Waals surface area contributed by atoms with E-state index in [1.54, 1.807) is 19.9 Å². The summed E-state index contributed by atoms with van der Waals surface area (Å²) < 4.78 is 5.04. The number of thiophene rings is 1. The number of carbonyl (C=O) groups is 1. The van der Waals surface area contributed by atoms with Crippen LogP contribution in [0.1, 0.15) is 18.7 Å². The van der Waals surface area contributed by atoms with E-state index >= 15 is 0 Å². The van der Waals surface area contributed by atoms with Gasteiger partial charge >= 0.3 is 5.97 Å². The van der Waals surface area contributed by atoms with E-state index in [0.29, 0.717) is 0 Å². The molecular formula is C17H15NO2S. The Bertz CT molecular complexity index is 693. The Kier molecular flexibility index (Phi) is 4.91. The van der Waals surface area contributed by atoms with Gasteiger partial charge in [0.2, 0.25) is 0 Å². The topological polar surface area (TPSA) is 50.1 Å². The molecule has 0 aliphatic heterocycles. The lowest BCUT2D eigenvalue weighted by molar-refractivity contribution is -0.142. The Hall–Kier alpha value is -2.38. The van der Waals surface area contributed by atoms with Gasteiger partial charge in [0.05, 0.1) is 6.10 Å². The first-order valence-electron chi connectivity index (χ1n) is 6.58. The van der Waals surface area contributed by atoms with Crippen molar-refractivity contribution in [1.82, 2.24) is 0 Å². The standard InChI is InChI=1S/C17H15NO2S/c1-12(2)20-17(19)14(11-18)10-15-8-9-16(21-15)13-6-4-3-5-7-13/h3-10,12H,1-2H3/b14-10+. The number of esters is 1. The Labute approximate surface area is 128 Å². The first-order chi connectivity index (χ1) is 10.1. The number of carbonyl (C=O) groups excluding carboxylic acids is 1. The molecule has 0 N–H and O–H groups in total. The van der Waals surface area contributed by atoms with Crippen LogP contribution in [0.4, 0.5) is 0 Å². The predicted molar refractivity (Wildman–Crippen MR) is 84.6 cm³/mol. The number of rotatable bonds is 4. The van der Waals surface area contributed by atoms with Gasteiger partial charge in [-0.2, -0.15) is 5.26 Å². The quantitative estimate of drug-likeness (QED) is 0.481. The average Bonchev–Trinajstić information content (AvgIpc) is 2.93. The molecule has 21 heavy (non-hydrogen) atoms. The molecule has 0 aliphatic rings. The highest BCUT2D eigenvalue weighted by Gasteiger charge is 2.13. The number of ether oxygens (including phenoxy) is 1. The van der Waals surface area contributed by atoms with E-state index in [2.05, 4.69) is 0 Å². The predicted octanol–water partition coefficient (Wildman–Crippen LogP) is 4.27. The fourth-order valence-electron chi connectivity index (χ4n) is 1.74. The molecule has 1 aromatic heterocycles. The van der Waals surface area contributed by atoms with Crippen molar-refractivity contribution in [2.45, 2.75) is 20.0 Å². The maximum absolute atomic E-state index is 11.8. The first-order valence-corrected chi connectivity index (χ1v) is 7.40. The second-order valence-electron chi connectivity index (χ2n) is 4.69. The lowest BCUT2D eigenvalue weighted by Crippen LogP contribution is -2.12. The maximum Gasteiger partial charge on any atom is 0.349 e. The molecular weight excluding hydrogens is 282 g/mol. The summed E-state index contributed by atoms with van der Waals surface area (Å²) in [4.78, 5) is 13.7. The highest BCUT2D eigenvalue weighted by Crippen LogP contribution is 2.29. The Morgan fingerprint density at radius 3 is 2.57 bits per heavy atom. The van der Waals surface area contributed by atoms with Gasteiger partial charge in [-0.1, -0.05) is 30.3 Å². The van der Waals surface area contributed by atoms with Crippen LogP contribution in [0.25, 0.3) is 16.5 Å². The molecule has 0 bridgehead atoms. The van der Waals surface area contributed by atoms with Crippen LogP contribution in [0, 0.1) is 11.3 Å². The van der Waals surface area contributed by atoms with Crippen molar-refractivity contribution in [3.63, 3.8) is 0 Å². The third-order valence-electron chi connectivity index (χ3n) is 2.65. The van der Waals surface area contributed by atoms with Crippen LogP contribution in [-0.4, -0.2) is 12.1 Å². The van der Waals surface area contributed by atoms with Crippen LogP contribution in [0.2, 0.25) is 0 Å². The van der Waals surface area contributed by atoms with Gasteiger partial charge < -0.3 is 4.74 Å². The van der Waals surface area contributed by atoms with Crippen LogP contribution in [-0.2, 0) is 9.53 Å². The molecule has 0 atom stereocenters. The fourth-order valence-corrected chi connectivity index (χ4v) is 2.70. The molecule has 0 saturated heterocycles. The van der Waals surface area contributed by atoms with E-state index in [-0.39, 0.29) is 11.7 Å². The highest BCUT2D eigenvalue weighted by atomic mass is 32.1. The number of nitriles is 1. The van der Waals surface area contributed by atoms with E-state index in [0.717, 1.165) is 15.3 Å². The van der Waals surface area contributed by atoms with E-state index in [4.69, 9.17) is 10.00 Å². The van der Waals surface area contributed by atoms with Crippen molar-refractivity contribution in [3.05, 3.63) is 52.9 Å². The van der Waals surface area contributed by atoms with E-state index < -0.39 is 5.97 Å². The smallest absolute Gasteiger partial charge is 0.349 e. The lowest BCUT2D eigenvalue weighted by atomic mass is 10.2. The van der Waals surface area contributed by atoms with Crippen LogP contribution < -0.4 is 0 Å². The van der Waals surface area contributed by atoms with Crippen LogP contribution in [0.5, 0.6) is 0 Å². The number of nitrogens with zero attached hydrogens (tertiary/aromatic N) is 1. The van der Waals surface area contributed by atoms with Gasteiger partial charge in [0.25, 0.3) is 0 Å². The Balaban J connectivity index is 2.23. The van der Waals surface area contributed by atoms with E-state index in [9.17, 15) is 4.79 Å². The van der Waals surface area contributed by atoms with E-state index in [1.165, 1.54) is 11.3 Å². The molecule has 4 heteroatoms. The largest absolute Gasteiger partial charge is 0.459 e. The number of hydrogen-bond donors (Lipinski definition) is 0.